The highest BCUT2D eigenvalue weighted by atomic mass is 19.2. The summed E-state index contributed by atoms with van der Waals surface area (Å²) < 4.78 is 64.9. The fourth-order valence-corrected chi connectivity index (χ4v) is 1.44. The van der Waals surface area contributed by atoms with Gasteiger partial charge in [0.25, 0.3) is 0 Å². The van der Waals surface area contributed by atoms with E-state index in [1.165, 1.54) is 0 Å². The minimum atomic E-state index is -2.14. The van der Waals surface area contributed by atoms with Gasteiger partial charge in [-0.15, -0.1) is 6.58 Å². The van der Waals surface area contributed by atoms with Gasteiger partial charge in [0.2, 0.25) is 5.82 Å². The van der Waals surface area contributed by atoms with E-state index in [2.05, 4.69) is 6.58 Å². The molecule has 0 fully saturated rings. The Labute approximate surface area is 103 Å². The Bertz CT molecular complexity index is 397. The van der Waals surface area contributed by atoms with Crippen molar-refractivity contribution in [1.82, 2.24) is 0 Å². The Morgan fingerprint density at radius 1 is 0.889 bits per heavy atom. The van der Waals surface area contributed by atoms with E-state index in [1.807, 2.05) is 13.8 Å². The Kier molecular flexibility index (Phi) is 6.58. The van der Waals surface area contributed by atoms with Gasteiger partial charge in [0.15, 0.2) is 23.3 Å². The molecule has 0 aliphatic heterocycles. The van der Waals surface area contributed by atoms with E-state index in [9.17, 15) is 22.0 Å². The van der Waals surface area contributed by atoms with E-state index < -0.39 is 40.6 Å². The van der Waals surface area contributed by atoms with Gasteiger partial charge in [-0.2, -0.15) is 0 Å². The largest absolute Gasteiger partial charge is 0.203 e. The highest BCUT2D eigenvalue weighted by molar-refractivity contribution is 5.29. The molecule has 0 nitrogen and oxygen atoms in total. The van der Waals surface area contributed by atoms with Gasteiger partial charge in [0.05, 0.1) is 0 Å². The summed E-state index contributed by atoms with van der Waals surface area (Å²) in [5, 5.41) is 0. The van der Waals surface area contributed by atoms with Crippen LogP contribution in [0.3, 0.4) is 0 Å². The molecule has 18 heavy (non-hydrogen) atoms. The third kappa shape index (κ3) is 2.89. The quantitative estimate of drug-likeness (QED) is 0.309. The van der Waals surface area contributed by atoms with Crippen molar-refractivity contribution < 1.29 is 22.0 Å². The van der Waals surface area contributed by atoms with Crippen molar-refractivity contribution in [2.45, 2.75) is 33.1 Å². The van der Waals surface area contributed by atoms with E-state index in [0.717, 1.165) is 6.08 Å². The minimum absolute atomic E-state index is 0.196. The van der Waals surface area contributed by atoms with Crippen LogP contribution in [0.1, 0.15) is 38.7 Å². The molecule has 1 atom stereocenters. The maximum absolute atomic E-state index is 13.3. The number of rotatable bonds is 3. The molecule has 0 aliphatic rings. The lowest BCUT2D eigenvalue weighted by atomic mass is 9.95. The lowest BCUT2D eigenvalue weighted by Gasteiger charge is -2.13. The third-order valence-corrected chi connectivity index (χ3v) is 2.34. The van der Waals surface area contributed by atoms with Gasteiger partial charge in [0.1, 0.15) is 0 Å². The van der Waals surface area contributed by atoms with Crippen molar-refractivity contribution >= 4 is 0 Å². The zero-order valence-electron chi connectivity index (χ0n) is 10.5. The standard InChI is InChI=1S/C11H9F5.C2H6/c1-3-5(4-2)6-7(12)9(14)11(16)10(15)8(6)13;1-2/h3,5H,1,4H2,2H3;1-2H3. The maximum Gasteiger partial charge on any atom is 0.200 e. The van der Waals surface area contributed by atoms with Crippen LogP contribution in [0.25, 0.3) is 0 Å². The second-order valence-corrected chi connectivity index (χ2v) is 3.23. The van der Waals surface area contributed by atoms with Gasteiger partial charge in [-0.1, -0.05) is 26.8 Å². The molecule has 5 heteroatoms. The van der Waals surface area contributed by atoms with Crippen molar-refractivity contribution in [2.24, 2.45) is 0 Å². The van der Waals surface area contributed by atoms with Crippen LogP contribution in [0.5, 0.6) is 0 Å². The topological polar surface area (TPSA) is 0 Å². The van der Waals surface area contributed by atoms with Gasteiger partial charge < -0.3 is 0 Å². The van der Waals surface area contributed by atoms with Crippen LogP contribution in [0.15, 0.2) is 12.7 Å². The average molecular weight is 266 g/mol. The summed E-state index contributed by atoms with van der Waals surface area (Å²) in [6.07, 6.45) is 1.35. The van der Waals surface area contributed by atoms with Crippen LogP contribution in [0, 0.1) is 29.1 Å². The van der Waals surface area contributed by atoms with E-state index in [0.29, 0.717) is 0 Å². The van der Waals surface area contributed by atoms with Crippen LogP contribution in [0.4, 0.5) is 22.0 Å². The summed E-state index contributed by atoms with van der Waals surface area (Å²) in [4.78, 5) is 0. The molecule has 0 aromatic heterocycles. The van der Waals surface area contributed by atoms with Crippen LogP contribution in [-0.4, -0.2) is 0 Å². The monoisotopic (exact) mass is 266 g/mol. The first-order valence-corrected chi connectivity index (χ1v) is 5.59. The van der Waals surface area contributed by atoms with Crippen molar-refractivity contribution in [3.8, 4) is 0 Å². The Hall–Kier alpha value is -1.39. The predicted molar refractivity (Wildman–Crippen MR) is 60.8 cm³/mol. The van der Waals surface area contributed by atoms with Crippen molar-refractivity contribution in [1.29, 1.82) is 0 Å². The molecule has 102 valence electrons. The predicted octanol–water partition coefficient (Wildman–Crippen LogP) is 5.09. The fraction of sp³-hybridized carbons (Fsp3) is 0.385. The number of benzene rings is 1. The lowest BCUT2D eigenvalue weighted by Crippen LogP contribution is -2.10. The summed E-state index contributed by atoms with van der Waals surface area (Å²) in [6, 6.07) is 0. The first kappa shape index (κ1) is 16.6. The van der Waals surface area contributed by atoms with Gasteiger partial charge in [-0.25, -0.2) is 22.0 Å². The molecule has 0 amide bonds. The Morgan fingerprint density at radius 2 is 1.22 bits per heavy atom. The molecule has 0 radical (unpaired) electrons. The van der Waals surface area contributed by atoms with Gasteiger partial charge >= 0.3 is 0 Å². The SMILES string of the molecule is C=CC(CC)c1c(F)c(F)c(F)c(F)c1F.CC. The van der Waals surface area contributed by atoms with Crippen LogP contribution >= 0.6 is 0 Å². The summed E-state index contributed by atoms with van der Waals surface area (Å²) in [5.74, 6) is -10.5. The Balaban J connectivity index is 0.00000137. The van der Waals surface area contributed by atoms with E-state index >= 15 is 0 Å². The van der Waals surface area contributed by atoms with Crippen molar-refractivity contribution in [3.05, 3.63) is 47.3 Å². The molecule has 1 aromatic rings. The molecule has 0 heterocycles. The molecule has 1 unspecified atom stereocenters. The van der Waals surface area contributed by atoms with Gasteiger partial charge in [-0.3, -0.25) is 0 Å². The maximum atomic E-state index is 13.3. The molecule has 0 aliphatic carbocycles. The van der Waals surface area contributed by atoms with Gasteiger partial charge in [-0.05, 0) is 6.42 Å². The first-order valence-electron chi connectivity index (χ1n) is 5.59. The zero-order chi connectivity index (χ0) is 14.5. The molecule has 1 rings (SSSR count). The molecule has 0 saturated heterocycles. The molecular formula is C13H15F5. The van der Waals surface area contributed by atoms with Crippen LogP contribution in [-0.2, 0) is 0 Å². The minimum Gasteiger partial charge on any atom is -0.203 e. The fourth-order valence-electron chi connectivity index (χ4n) is 1.44. The number of allylic oxidation sites excluding steroid dienone is 1. The summed E-state index contributed by atoms with van der Waals surface area (Å²) in [6.45, 7) is 8.86. The van der Waals surface area contributed by atoms with Crippen LogP contribution < -0.4 is 0 Å². The summed E-state index contributed by atoms with van der Waals surface area (Å²) >= 11 is 0. The second kappa shape index (κ2) is 7.13. The van der Waals surface area contributed by atoms with Crippen molar-refractivity contribution in [2.75, 3.05) is 0 Å². The molecule has 0 spiro atoms. The number of halogens is 5. The molecule has 0 bridgehead atoms. The number of hydrogen-bond donors (Lipinski definition) is 0. The summed E-state index contributed by atoms with van der Waals surface area (Å²) in [5.41, 5.74) is -0.825. The average Bonchev–Trinajstić information content (AvgIpc) is 2.41. The van der Waals surface area contributed by atoms with E-state index in [-0.39, 0.29) is 6.42 Å². The second-order valence-electron chi connectivity index (χ2n) is 3.23. The first-order chi connectivity index (χ1) is 8.45. The highest BCUT2D eigenvalue weighted by Gasteiger charge is 2.28. The molecule has 1 aromatic carbocycles. The van der Waals surface area contributed by atoms with Gasteiger partial charge in [0, 0.05) is 11.5 Å². The molecule has 0 N–H and O–H groups in total. The molecular weight excluding hydrogens is 251 g/mol. The highest BCUT2D eigenvalue weighted by Crippen LogP contribution is 2.31. The van der Waals surface area contributed by atoms with Crippen LogP contribution in [0.2, 0.25) is 0 Å². The lowest BCUT2D eigenvalue weighted by molar-refractivity contribution is 0.366. The van der Waals surface area contributed by atoms with E-state index in [4.69, 9.17) is 0 Å². The number of hydrogen-bond acceptors (Lipinski definition) is 0. The van der Waals surface area contributed by atoms with E-state index in [1.54, 1.807) is 6.92 Å². The third-order valence-electron chi connectivity index (χ3n) is 2.34. The molecule has 0 saturated carbocycles. The zero-order valence-corrected chi connectivity index (χ0v) is 10.5. The smallest absolute Gasteiger partial charge is 0.200 e. The normalized spacial score (nSPS) is 11.6. The van der Waals surface area contributed by atoms with Crippen molar-refractivity contribution in [3.63, 3.8) is 0 Å². The summed E-state index contributed by atoms with van der Waals surface area (Å²) in [7, 11) is 0. The Morgan fingerprint density at radius 3 is 1.50 bits per heavy atom.